The molecule has 0 aliphatic heterocycles. The lowest BCUT2D eigenvalue weighted by Gasteiger charge is -2.36. The summed E-state index contributed by atoms with van der Waals surface area (Å²) in [7, 11) is 0. The molecule has 1 N–H and O–H groups in total. The fraction of sp³-hybridized carbons (Fsp3) is 0.226. The zero-order valence-corrected chi connectivity index (χ0v) is 39.3. The number of benzene rings is 7. The molecule has 0 spiro atoms. The number of fused-ring (bicyclic) bond motifs is 1. The predicted molar refractivity (Wildman–Crippen MR) is 278 cm³/mol. The lowest BCUT2D eigenvalue weighted by Crippen LogP contribution is -2.25. The van der Waals surface area contributed by atoms with Crippen LogP contribution in [0.4, 0.5) is 0 Å². The van der Waals surface area contributed by atoms with Crippen LogP contribution in [0.1, 0.15) is 93.6 Å². The van der Waals surface area contributed by atoms with Crippen LogP contribution in [0.3, 0.4) is 0 Å². The van der Waals surface area contributed by atoms with Crippen LogP contribution in [-0.4, -0.2) is 19.6 Å². The van der Waals surface area contributed by atoms with E-state index in [-0.39, 0.29) is 22.1 Å². The van der Waals surface area contributed by atoms with Crippen molar-refractivity contribution in [2.24, 2.45) is 0 Å². The maximum Gasteiger partial charge on any atom is 0.149 e. The molecule has 0 aliphatic carbocycles. The molecule has 0 bridgehead atoms. The van der Waals surface area contributed by atoms with E-state index in [0.29, 0.717) is 28.1 Å². The topological polar surface area (TPSA) is 50.9 Å². The van der Waals surface area contributed by atoms with Gasteiger partial charge >= 0.3 is 0 Å². The number of imidazole rings is 1. The number of nitrogens with zero attached hydrogens (tertiary/aromatic N) is 3. The summed E-state index contributed by atoms with van der Waals surface area (Å²) in [5.41, 5.74) is 15.8. The molecule has 4 heteroatoms. The number of phenols is 1. The van der Waals surface area contributed by atoms with E-state index < -0.39 is 6.85 Å². The quantitative estimate of drug-likeness (QED) is 0.126. The zero-order chi connectivity index (χ0) is 48.7. The van der Waals surface area contributed by atoms with E-state index in [0.717, 1.165) is 81.4 Å². The second-order valence-corrected chi connectivity index (χ2v) is 18.4. The summed E-state index contributed by atoms with van der Waals surface area (Å²) in [6.07, 6.45) is 5.64. The first kappa shape index (κ1) is 40.5. The summed E-state index contributed by atoms with van der Waals surface area (Å²) < 4.78 is 29.6. The highest BCUT2D eigenvalue weighted by Gasteiger charge is 2.33. The Kier molecular flexibility index (Phi) is 11.1. The van der Waals surface area contributed by atoms with Crippen molar-refractivity contribution in [2.75, 3.05) is 0 Å². The Balaban J connectivity index is 1.30. The molecular weight excluding hydrogens is 803 g/mol. The summed E-state index contributed by atoms with van der Waals surface area (Å²) in [6.45, 7) is 13.2. The number of hydrogen-bond donors (Lipinski definition) is 1. The Bertz CT molecular complexity index is 3270. The van der Waals surface area contributed by atoms with E-state index in [1.807, 2.05) is 71.4 Å². The Morgan fingerprint density at radius 3 is 1.83 bits per heavy atom. The third-order valence-electron chi connectivity index (χ3n) is 14.6. The van der Waals surface area contributed by atoms with Gasteiger partial charge in [-0.2, -0.15) is 0 Å². The Morgan fingerprint density at radius 1 is 0.545 bits per heavy atom. The lowest BCUT2D eigenvalue weighted by molar-refractivity contribution is 0.426. The standard InChI is InChI=1S/C62H61N3O/c1-9-61(7,10-2)52-24-19-25-53(62(8,11-3)12-4)58(52)46-32-33-55(42(6)36-46)65-56-26-18-23-50(59(56)64-60(65)51-22-16-17-27-57(51)66)48-37-47(43-20-14-13-15-21-43)38-49(39-48)54-40-45(34-35-63-54)44-30-28-41(5)29-31-44/h13-40,66H,9-12H2,1-8H3/i6D3. The van der Waals surface area contributed by atoms with Gasteiger partial charge in [-0.1, -0.05) is 150 Å². The van der Waals surface area contributed by atoms with Gasteiger partial charge < -0.3 is 5.11 Å². The molecule has 0 amide bonds. The fourth-order valence-corrected chi connectivity index (χ4v) is 9.68. The Labute approximate surface area is 395 Å². The van der Waals surface area contributed by atoms with Gasteiger partial charge in [0.15, 0.2) is 0 Å². The normalized spacial score (nSPS) is 12.8. The van der Waals surface area contributed by atoms with Gasteiger partial charge in [0.1, 0.15) is 11.6 Å². The van der Waals surface area contributed by atoms with Crippen LogP contribution in [0, 0.1) is 13.8 Å². The fourth-order valence-electron chi connectivity index (χ4n) is 9.68. The third kappa shape index (κ3) is 8.04. The number of pyridine rings is 1. The van der Waals surface area contributed by atoms with Crippen molar-refractivity contribution in [3.8, 4) is 78.6 Å². The van der Waals surface area contributed by atoms with E-state index in [9.17, 15) is 9.22 Å². The minimum absolute atomic E-state index is 0.0472. The Hall–Kier alpha value is -7.04. The Morgan fingerprint density at radius 2 is 1.15 bits per heavy atom. The van der Waals surface area contributed by atoms with Crippen molar-refractivity contribution < 1.29 is 9.22 Å². The number of phenolic OH excluding ortho intramolecular Hbond substituents is 1. The van der Waals surface area contributed by atoms with Crippen molar-refractivity contribution in [3.05, 3.63) is 192 Å². The SMILES string of the molecule is [2H]C([2H])([2H])c1cc(-c2c(C(C)(CC)CC)cccc2C(C)(CC)CC)ccc1-n1c(-c2ccccc2O)nc2c(-c3cc(-c4ccccc4)cc(-c4cc(-c5ccc(C)cc5)ccn4)c3)cccc21. The summed E-state index contributed by atoms with van der Waals surface area (Å²) in [6, 6.07) is 55.5. The van der Waals surface area contributed by atoms with Crippen LogP contribution < -0.4 is 0 Å². The van der Waals surface area contributed by atoms with Crippen LogP contribution in [0.15, 0.2) is 170 Å². The van der Waals surface area contributed by atoms with Gasteiger partial charge in [-0.05, 0) is 167 Å². The van der Waals surface area contributed by atoms with Gasteiger partial charge in [-0.15, -0.1) is 0 Å². The first-order valence-corrected chi connectivity index (χ1v) is 23.5. The predicted octanol–water partition coefficient (Wildman–Crippen LogP) is 16.9. The zero-order valence-electron chi connectivity index (χ0n) is 42.3. The summed E-state index contributed by atoms with van der Waals surface area (Å²) in [5.74, 6) is 0.488. The lowest BCUT2D eigenvalue weighted by atomic mass is 9.68. The van der Waals surface area contributed by atoms with Crippen molar-refractivity contribution >= 4 is 11.0 Å². The molecule has 4 nitrogen and oxygen atoms in total. The van der Waals surface area contributed by atoms with Crippen LogP contribution in [0.25, 0.3) is 83.9 Å². The first-order chi connectivity index (χ1) is 33.2. The van der Waals surface area contributed by atoms with E-state index in [1.165, 1.54) is 16.7 Å². The van der Waals surface area contributed by atoms with Gasteiger partial charge in [-0.25, -0.2) is 4.98 Å². The molecule has 2 aromatic heterocycles. The van der Waals surface area contributed by atoms with Crippen LogP contribution in [0.5, 0.6) is 5.75 Å². The maximum absolute atomic E-state index is 11.5. The highest BCUT2D eigenvalue weighted by molar-refractivity contribution is 5.98. The summed E-state index contributed by atoms with van der Waals surface area (Å²) >= 11 is 0. The third-order valence-corrected chi connectivity index (χ3v) is 14.6. The van der Waals surface area contributed by atoms with E-state index in [1.54, 1.807) is 12.1 Å². The van der Waals surface area contributed by atoms with E-state index >= 15 is 0 Å². The number of hydrogen-bond acceptors (Lipinski definition) is 3. The monoisotopic (exact) mass is 867 g/mol. The van der Waals surface area contributed by atoms with Crippen molar-refractivity contribution in [2.45, 2.75) is 91.8 Å². The van der Waals surface area contributed by atoms with Crippen molar-refractivity contribution in [1.82, 2.24) is 14.5 Å². The minimum atomic E-state index is -2.51. The molecule has 0 atom stereocenters. The van der Waals surface area contributed by atoms with Gasteiger partial charge in [0.25, 0.3) is 0 Å². The molecule has 0 saturated heterocycles. The van der Waals surface area contributed by atoms with Crippen LogP contribution in [-0.2, 0) is 10.8 Å². The molecule has 7 aromatic carbocycles. The summed E-state index contributed by atoms with van der Waals surface area (Å²) in [5, 5.41) is 11.5. The van der Waals surface area contributed by atoms with Gasteiger partial charge in [-0.3, -0.25) is 9.55 Å². The number of aromatic nitrogens is 3. The molecule has 2 heterocycles. The number of aromatic hydroxyl groups is 1. The second kappa shape index (κ2) is 18.1. The maximum atomic E-state index is 11.5. The molecule has 9 rings (SSSR count). The summed E-state index contributed by atoms with van der Waals surface area (Å²) in [4.78, 5) is 10.3. The molecule has 0 radical (unpaired) electrons. The molecule has 9 aromatic rings. The van der Waals surface area contributed by atoms with Gasteiger partial charge in [0.05, 0.1) is 28.0 Å². The highest BCUT2D eigenvalue weighted by Crippen LogP contribution is 2.47. The van der Waals surface area contributed by atoms with Gasteiger partial charge in [0, 0.05) is 21.4 Å². The smallest absolute Gasteiger partial charge is 0.149 e. The molecule has 0 unspecified atom stereocenters. The molecule has 0 aliphatic rings. The molecular formula is C62H61N3O. The number of para-hydroxylation sites is 2. The van der Waals surface area contributed by atoms with E-state index in [4.69, 9.17) is 9.97 Å². The second-order valence-electron chi connectivity index (χ2n) is 18.4. The van der Waals surface area contributed by atoms with Crippen LogP contribution in [0.2, 0.25) is 0 Å². The first-order valence-electron chi connectivity index (χ1n) is 25.0. The molecule has 0 saturated carbocycles. The van der Waals surface area contributed by atoms with E-state index in [2.05, 4.69) is 139 Å². The average molecular weight is 867 g/mol. The number of rotatable bonds is 13. The molecule has 330 valence electrons. The average Bonchev–Trinajstić information content (AvgIpc) is 3.77. The van der Waals surface area contributed by atoms with Crippen molar-refractivity contribution in [3.63, 3.8) is 0 Å². The van der Waals surface area contributed by atoms with Crippen molar-refractivity contribution in [1.29, 1.82) is 0 Å². The van der Waals surface area contributed by atoms with Gasteiger partial charge in [0.2, 0.25) is 0 Å². The molecule has 66 heavy (non-hydrogen) atoms. The largest absolute Gasteiger partial charge is 0.507 e. The highest BCUT2D eigenvalue weighted by atomic mass is 16.3. The number of aryl methyl sites for hydroxylation is 2. The van der Waals surface area contributed by atoms with Crippen LogP contribution >= 0.6 is 0 Å². The molecule has 0 fully saturated rings. The minimum Gasteiger partial charge on any atom is -0.507 e.